The Bertz CT molecular complexity index is 966. The van der Waals surface area contributed by atoms with Crippen LogP contribution in [0.1, 0.15) is 21.6 Å². The number of benzene rings is 2. The maximum Gasteiger partial charge on any atom is 0.268 e. The van der Waals surface area contributed by atoms with Crippen molar-refractivity contribution in [2.75, 3.05) is 0 Å². The van der Waals surface area contributed by atoms with E-state index in [0.717, 1.165) is 10.9 Å². The van der Waals surface area contributed by atoms with Crippen LogP contribution in [0.15, 0.2) is 59.4 Å². The van der Waals surface area contributed by atoms with Crippen LogP contribution in [-0.4, -0.2) is 10.9 Å². The number of fused-ring (bicyclic) bond motifs is 1. The Morgan fingerprint density at radius 2 is 1.87 bits per heavy atom. The topological polar surface area (TPSA) is 85.8 Å². The monoisotopic (exact) mass is 303 g/mol. The molecule has 1 amide bonds. The predicted octanol–water partition coefficient (Wildman–Crippen LogP) is 2.33. The third kappa shape index (κ3) is 3.11. The first-order valence-corrected chi connectivity index (χ1v) is 7.07. The van der Waals surface area contributed by atoms with E-state index in [1.165, 1.54) is 0 Å². The summed E-state index contributed by atoms with van der Waals surface area (Å²) in [7, 11) is 0. The number of nitriles is 1. The van der Waals surface area contributed by atoms with E-state index < -0.39 is 0 Å². The molecule has 0 fully saturated rings. The van der Waals surface area contributed by atoms with Crippen molar-refractivity contribution in [2.24, 2.45) is 0 Å². The molecule has 1 heterocycles. The van der Waals surface area contributed by atoms with Crippen LogP contribution in [0.25, 0.3) is 10.8 Å². The van der Waals surface area contributed by atoms with E-state index in [1.807, 2.05) is 12.1 Å². The van der Waals surface area contributed by atoms with Gasteiger partial charge in [0, 0.05) is 11.9 Å². The van der Waals surface area contributed by atoms with Gasteiger partial charge in [-0.05, 0) is 35.2 Å². The number of nitrogens with one attached hydrogen (secondary N) is 2. The molecule has 0 saturated heterocycles. The van der Waals surface area contributed by atoms with Crippen LogP contribution in [0.3, 0.4) is 0 Å². The molecule has 5 heteroatoms. The number of hydrogen-bond acceptors (Lipinski definition) is 3. The summed E-state index contributed by atoms with van der Waals surface area (Å²) < 4.78 is 0. The van der Waals surface area contributed by atoms with Gasteiger partial charge in [-0.1, -0.05) is 30.3 Å². The van der Waals surface area contributed by atoms with E-state index in [2.05, 4.69) is 10.3 Å². The molecular formula is C18H13N3O2. The number of nitrogens with zero attached hydrogens (tertiary/aromatic N) is 1. The molecule has 0 aliphatic rings. The van der Waals surface area contributed by atoms with Gasteiger partial charge in [0.25, 0.3) is 11.5 Å². The van der Waals surface area contributed by atoms with Crippen LogP contribution >= 0.6 is 0 Å². The first-order chi connectivity index (χ1) is 11.2. The highest BCUT2D eigenvalue weighted by atomic mass is 16.2. The van der Waals surface area contributed by atoms with Gasteiger partial charge < -0.3 is 10.3 Å². The van der Waals surface area contributed by atoms with Gasteiger partial charge in [-0.2, -0.15) is 5.26 Å². The second-order valence-corrected chi connectivity index (χ2v) is 5.09. The minimum Gasteiger partial charge on any atom is -0.347 e. The van der Waals surface area contributed by atoms with Crippen LogP contribution in [0, 0.1) is 11.3 Å². The number of amides is 1. The number of aromatic nitrogens is 1. The van der Waals surface area contributed by atoms with Crippen molar-refractivity contribution in [3.05, 3.63) is 81.8 Å². The zero-order valence-electron chi connectivity index (χ0n) is 12.2. The van der Waals surface area contributed by atoms with Crippen LogP contribution in [0.2, 0.25) is 0 Å². The van der Waals surface area contributed by atoms with Gasteiger partial charge in [0.05, 0.1) is 11.6 Å². The van der Waals surface area contributed by atoms with Crippen molar-refractivity contribution >= 4 is 16.7 Å². The highest BCUT2D eigenvalue weighted by molar-refractivity contribution is 5.96. The van der Waals surface area contributed by atoms with E-state index in [-0.39, 0.29) is 17.2 Å². The van der Waals surface area contributed by atoms with Gasteiger partial charge in [-0.3, -0.25) is 9.59 Å². The highest BCUT2D eigenvalue weighted by Crippen LogP contribution is 2.10. The summed E-state index contributed by atoms with van der Waals surface area (Å²) >= 11 is 0. The summed E-state index contributed by atoms with van der Waals surface area (Å²) in [5, 5.41) is 12.8. The van der Waals surface area contributed by atoms with Crippen molar-refractivity contribution < 1.29 is 4.79 Å². The second-order valence-electron chi connectivity index (χ2n) is 5.09. The van der Waals surface area contributed by atoms with Crippen LogP contribution in [-0.2, 0) is 6.54 Å². The molecule has 5 nitrogen and oxygen atoms in total. The van der Waals surface area contributed by atoms with Gasteiger partial charge in [0.15, 0.2) is 0 Å². The van der Waals surface area contributed by atoms with Crippen molar-refractivity contribution in [1.82, 2.24) is 10.3 Å². The number of carbonyl (C=O) groups is 1. The zero-order chi connectivity index (χ0) is 16.2. The fourth-order valence-corrected chi connectivity index (χ4v) is 2.31. The fraction of sp³-hybridized carbons (Fsp3) is 0.0556. The largest absolute Gasteiger partial charge is 0.347 e. The normalized spacial score (nSPS) is 10.2. The van der Waals surface area contributed by atoms with E-state index in [4.69, 9.17) is 5.26 Å². The molecule has 1 aromatic heterocycles. The Kier molecular flexibility index (Phi) is 3.89. The average molecular weight is 303 g/mol. The SMILES string of the molecule is N#Cc1ccc(CNC(=O)c2cc3ccccc3c(=O)[nH]2)cc1. The Morgan fingerprint density at radius 1 is 1.13 bits per heavy atom. The smallest absolute Gasteiger partial charge is 0.268 e. The Hall–Kier alpha value is -3.39. The molecule has 0 atom stereocenters. The Balaban J connectivity index is 1.78. The molecule has 3 aromatic rings. The van der Waals surface area contributed by atoms with Crippen molar-refractivity contribution in [3.8, 4) is 6.07 Å². The number of carbonyl (C=O) groups excluding carboxylic acids is 1. The van der Waals surface area contributed by atoms with Crippen molar-refractivity contribution in [2.45, 2.75) is 6.54 Å². The average Bonchev–Trinajstić information content (AvgIpc) is 2.60. The number of rotatable bonds is 3. The van der Waals surface area contributed by atoms with Crippen LogP contribution in [0.4, 0.5) is 0 Å². The summed E-state index contributed by atoms with van der Waals surface area (Å²) in [4.78, 5) is 26.8. The first-order valence-electron chi connectivity index (χ1n) is 7.07. The van der Waals surface area contributed by atoms with E-state index in [0.29, 0.717) is 17.5 Å². The Morgan fingerprint density at radius 3 is 2.61 bits per heavy atom. The quantitative estimate of drug-likeness (QED) is 0.778. The molecule has 0 bridgehead atoms. The minimum atomic E-state index is -0.350. The van der Waals surface area contributed by atoms with Crippen molar-refractivity contribution in [1.29, 1.82) is 5.26 Å². The molecule has 0 unspecified atom stereocenters. The van der Waals surface area contributed by atoms with E-state index >= 15 is 0 Å². The third-order valence-electron chi connectivity index (χ3n) is 3.53. The minimum absolute atomic E-state index is 0.224. The summed E-state index contributed by atoms with van der Waals surface area (Å²) in [5.74, 6) is -0.350. The molecule has 0 aliphatic heterocycles. The molecule has 0 aliphatic carbocycles. The fourth-order valence-electron chi connectivity index (χ4n) is 2.31. The lowest BCUT2D eigenvalue weighted by molar-refractivity contribution is 0.0946. The number of pyridine rings is 1. The Labute approximate surface area is 132 Å². The standard InChI is InChI=1S/C18H13N3O2/c19-10-12-5-7-13(8-6-12)11-20-18(23)16-9-14-3-1-2-4-15(14)17(22)21-16/h1-9H,11H2,(H,20,23)(H,21,22). The van der Waals surface area contributed by atoms with Gasteiger partial charge in [-0.15, -0.1) is 0 Å². The number of aromatic amines is 1. The van der Waals surface area contributed by atoms with E-state index in [1.54, 1.807) is 48.5 Å². The summed E-state index contributed by atoms with van der Waals surface area (Å²) in [6, 6.07) is 17.8. The number of hydrogen-bond donors (Lipinski definition) is 2. The summed E-state index contributed by atoms with van der Waals surface area (Å²) in [6.07, 6.45) is 0. The highest BCUT2D eigenvalue weighted by Gasteiger charge is 2.09. The van der Waals surface area contributed by atoms with Crippen LogP contribution < -0.4 is 10.9 Å². The lowest BCUT2D eigenvalue weighted by atomic mass is 10.1. The zero-order valence-corrected chi connectivity index (χ0v) is 12.2. The molecule has 3 rings (SSSR count). The molecule has 112 valence electrons. The maximum atomic E-state index is 12.2. The predicted molar refractivity (Wildman–Crippen MR) is 86.9 cm³/mol. The molecular weight excluding hydrogens is 290 g/mol. The summed E-state index contributed by atoms with van der Waals surface area (Å²) in [5.41, 5.74) is 1.38. The van der Waals surface area contributed by atoms with Gasteiger partial charge in [-0.25, -0.2) is 0 Å². The molecule has 2 N–H and O–H groups in total. The first kappa shape index (κ1) is 14.5. The van der Waals surface area contributed by atoms with Gasteiger partial charge >= 0.3 is 0 Å². The molecule has 0 spiro atoms. The molecule has 23 heavy (non-hydrogen) atoms. The lowest BCUT2D eigenvalue weighted by Crippen LogP contribution is -2.26. The molecule has 0 saturated carbocycles. The summed E-state index contributed by atoms with van der Waals surface area (Å²) in [6.45, 7) is 0.319. The number of H-pyrrole nitrogens is 1. The molecule has 2 aromatic carbocycles. The molecule has 0 radical (unpaired) electrons. The second kappa shape index (κ2) is 6.16. The third-order valence-corrected chi connectivity index (χ3v) is 3.53. The van der Waals surface area contributed by atoms with Gasteiger partial charge in [0.2, 0.25) is 0 Å². The van der Waals surface area contributed by atoms with Gasteiger partial charge in [0.1, 0.15) is 5.69 Å². The maximum absolute atomic E-state index is 12.2. The van der Waals surface area contributed by atoms with Crippen molar-refractivity contribution in [3.63, 3.8) is 0 Å². The lowest BCUT2D eigenvalue weighted by Gasteiger charge is -2.06. The van der Waals surface area contributed by atoms with E-state index in [9.17, 15) is 9.59 Å². The van der Waals surface area contributed by atoms with Crippen LogP contribution in [0.5, 0.6) is 0 Å².